The number of rotatable bonds is 6. The minimum Gasteiger partial charge on any atom is -0.477 e. The van der Waals surface area contributed by atoms with Crippen LogP contribution in [-0.4, -0.2) is 35.0 Å². The lowest BCUT2D eigenvalue weighted by molar-refractivity contribution is -0.121. The van der Waals surface area contributed by atoms with Crippen molar-refractivity contribution >= 4 is 34.8 Å². The molecule has 0 spiro atoms. The number of nitrogens with one attached hydrogen (secondary N) is 1. The van der Waals surface area contributed by atoms with Crippen molar-refractivity contribution in [2.24, 2.45) is 5.92 Å². The predicted octanol–water partition coefficient (Wildman–Crippen LogP) is 5.99. The number of carboxylic acids is 1. The molecule has 2 amide bonds. The molecular formula is C29H30N2O4S. The topological polar surface area (TPSA) is 86.7 Å². The van der Waals surface area contributed by atoms with Crippen LogP contribution in [0.3, 0.4) is 0 Å². The maximum atomic E-state index is 13.7. The Bertz CT molecular complexity index is 1230. The van der Waals surface area contributed by atoms with Crippen molar-refractivity contribution < 1.29 is 19.5 Å². The second kappa shape index (κ2) is 10.7. The molecule has 1 saturated carbocycles. The molecule has 7 heteroatoms. The molecule has 1 saturated heterocycles. The van der Waals surface area contributed by atoms with Crippen LogP contribution in [0.5, 0.6) is 0 Å². The third kappa shape index (κ3) is 5.07. The fourth-order valence-corrected chi connectivity index (χ4v) is 6.63. The normalized spacial score (nSPS) is 20.8. The van der Waals surface area contributed by atoms with Gasteiger partial charge in [-0.25, -0.2) is 4.79 Å². The second-order valence-electron chi connectivity index (χ2n) is 9.70. The van der Waals surface area contributed by atoms with Gasteiger partial charge in [0.05, 0.1) is 5.69 Å². The molecular weight excluding hydrogens is 472 g/mol. The average molecular weight is 503 g/mol. The largest absolute Gasteiger partial charge is 0.477 e. The summed E-state index contributed by atoms with van der Waals surface area (Å²) in [6, 6.07) is 20.1. The van der Waals surface area contributed by atoms with E-state index in [4.69, 9.17) is 0 Å². The first-order valence-electron chi connectivity index (χ1n) is 12.6. The molecule has 6 nitrogen and oxygen atoms in total. The van der Waals surface area contributed by atoms with Crippen LogP contribution < -0.4 is 10.2 Å². The number of carbonyl (C=O) groups excluding carboxylic acids is 2. The minimum atomic E-state index is -1.02. The van der Waals surface area contributed by atoms with Crippen LogP contribution in [0.4, 0.5) is 5.69 Å². The number of hydrogen-bond acceptors (Lipinski definition) is 4. The molecule has 2 heterocycles. The third-order valence-electron chi connectivity index (χ3n) is 7.34. The summed E-state index contributed by atoms with van der Waals surface area (Å²) in [5, 5.41) is 13.1. The summed E-state index contributed by atoms with van der Waals surface area (Å²) in [7, 11) is 0. The number of aromatic carboxylic acids is 1. The zero-order chi connectivity index (χ0) is 25.1. The van der Waals surface area contributed by atoms with E-state index in [1.54, 1.807) is 17.0 Å². The first-order chi connectivity index (χ1) is 17.5. The summed E-state index contributed by atoms with van der Waals surface area (Å²) in [6.07, 6.45) is 6.17. The molecule has 2 aliphatic rings. The summed E-state index contributed by atoms with van der Waals surface area (Å²) in [5.41, 5.74) is 1.99. The Balaban J connectivity index is 1.47. The van der Waals surface area contributed by atoms with E-state index in [0.717, 1.165) is 36.1 Å². The average Bonchev–Trinajstić information content (AvgIpc) is 3.35. The van der Waals surface area contributed by atoms with Gasteiger partial charge in [0.2, 0.25) is 5.91 Å². The van der Waals surface area contributed by atoms with Crippen LogP contribution in [0.15, 0.2) is 66.7 Å². The first-order valence-corrected chi connectivity index (χ1v) is 13.4. The van der Waals surface area contributed by atoms with E-state index in [1.807, 2.05) is 54.6 Å². The summed E-state index contributed by atoms with van der Waals surface area (Å²) < 4.78 is 0. The van der Waals surface area contributed by atoms with Crippen molar-refractivity contribution in [3.63, 3.8) is 0 Å². The summed E-state index contributed by atoms with van der Waals surface area (Å²) in [4.78, 5) is 41.6. The highest BCUT2D eigenvalue weighted by molar-refractivity contribution is 7.18. The van der Waals surface area contributed by atoms with Crippen molar-refractivity contribution in [3.05, 3.63) is 77.2 Å². The molecule has 2 aromatic carbocycles. The van der Waals surface area contributed by atoms with Crippen LogP contribution in [-0.2, 0) is 4.79 Å². The fraction of sp³-hybridized carbons (Fsp3) is 0.345. The van der Waals surface area contributed by atoms with Gasteiger partial charge in [0, 0.05) is 28.9 Å². The Hall–Kier alpha value is -3.45. The molecule has 2 atom stereocenters. The number of amides is 2. The number of hydrogen-bond donors (Lipinski definition) is 2. The lowest BCUT2D eigenvalue weighted by Gasteiger charge is -2.44. The van der Waals surface area contributed by atoms with Gasteiger partial charge < -0.3 is 15.3 Å². The number of anilines is 1. The maximum absolute atomic E-state index is 13.7. The number of carboxylic acid groups (broad SMARTS) is 1. The number of benzene rings is 2. The Morgan fingerprint density at radius 3 is 2.28 bits per heavy atom. The highest BCUT2D eigenvalue weighted by Gasteiger charge is 2.41. The molecule has 1 aromatic heterocycles. The zero-order valence-corrected chi connectivity index (χ0v) is 20.9. The molecule has 2 fully saturated rings. The number of nitrogens with zero attached hydrogens (tertiary/aromatic N) is 1. The van der Waals surface area contributed by atoms with Crippen molar-refractivity contribution in [2.75, 3.05) is 4.90 Å². The molecule has 5 rings (SSSR count). The Morgan fingerprint density at radius 1 is 0.944 bits per heavy atom. The van der Waals surface area contributed by atoms with Gasteiger partial charge in [-0.1, -0.05) is 67.8 Å². The molecule has 0 bridgehead atoms. The summed E-state index contributed by atoms with van der Waals surface area (Å²) in [6.45, 7) is 0. The highest BCUT2D eigenvalue weighted by atomic mass is 32.1. The van der Waals surface area contributed by atoms with Gasteiger partial charge >= 0.3 is 5.97 Å². The van der Waals surface area contributed by atoms with Gasteiger partial charge in [-0.3, -0.25) is 9.59 Å². The lowest BCUT2D eigenvalue weighted by atomic mass is 9.78. The maximum Gasteiger partial charge on any atom is 0.348 e. The van der Waals surface area contributed by atoms with Crippen LogP contribution in [0.1, 0.15) is 65.0 Å². The number of piperidine rings is 1. The third-order valence-corrected chi connectivity index (χ3v) is 8.50. The van der Waals surface area contributed by atoms with Crippen molar-refractivity contribution in [1.29, 1.82) is 0 Å². The van der Waals surface area contributed by atoms with Crippen LogP contribution in [0, 0.1) is 5.92 Å². The standard InChI is InChI=1S/C29H30N2O4S/c32-26-17-22(30-28(33)21-14-8-3-9-15-21)16-23(19-10-4-1-5-11-19)31(26)24-18-25(36-27(24)29(34)35)20-12-6-2-7-13-20/h2-3,6-9,12-15,18-19,22-23H,1,4-5,10-11,16-17H2,(H,30,33)(H,34,35)/t22-,23+/m1/s1. The second-order valence-corrected chi connectivity index (χ2v) is 10.8. The van der Waals surface area contributed by atoms with E-state index in [0.29, 0.717) is 17.7 Å². The Kier molecular flexibility index (Phi) is 7.18. The van der Waals surface area contributed by atoms with E-state index in [1.165, 1.54) is 17.8 Å². The van der Waals surface area contributed by atoms with E-state index >= 15 is 0 Å². The van der Waals surface area contributed by atoms with Crippen molar-refractivity contribution in [2.45, 2.75) is 57.0 Å². The smallest absolute Gasteiger partial charge is 0.348 e. The Morgan fingerprint density at radius 2 is 1.61 bits per heavy atom. The monoisotopic (exact) mass is 502 g/mol. The van der Waals surface area contributed by atoms with Gasteiger partial charge in [0.1, 0.15) is 4.88 Å². The van der Waals surface area contributed by atoms with E-state index in [2.05, 4.69) is 5.32 Å². The van der Waals surface area contributed by atoms with Gasteiger partial charge in [-0.2, -0.15) is 0 Å². The van der Waals surface area contributed by atoms with Gasteiger partial charge in [0.15, 0.2) is 0 Å². The molecule has 1 aliphatic carbocycles. The Labute approximate surface area is 215 Å². The highest BCUT2D eigenvalue weighted by Crippen LogP contribution is 2.43. The quantitative estimate of drug-likeness (QED) is 0.434. The van der Waals surface area contributed by atoms with Crippen molar-refractivity contribution in [1.82, 2.24) is 5.32 Å². The fourth-order valence-electron chi connectivity index (χ4n) is 5.64. The predicted molar refractivity (Wildman–Crippen MR) is 141 cm³/mol. The van der Waals surface area contributed by atoms with Crippen LogP contribution in [0.2, 0.25) is 0 Å². The molecule has 0 radical (unpaired) electrons. The zero-order valence-electron chi connectivity index (χ0n) is 20.1. The molecule has 36 heavy (non-hydrogen) atoms. The first kappa shape index (κ1) is 24.3. The molecule has 3 aromatic rings. The van der Waals surface area contributed by atoms with Gasteiger partial charge in [-0.15, -0.1) is 11.3 Å². The van der Waals surface area contributed by atoms with Gasteiger partial charge in [0.25, 0.3) is 5.91 Å². The van der Waals surface area contributed by atoms with E-state index < -0.39 is 5.97 Å². The van der Waals surface area contributed by atoms with Crippen molar-refractivity contribution in [3.8, 4) is 10.4 Å². The molecule has 0 unspecified atom stereocenters. The molecule has 186 valence electrons. The molecule has 2 N–H and O–H groups in total. The summed E-state index contributed by atoms with van der Waals surface area (Å²) >= 11 is 1.21. The van der Waals surface area contributed by atoms with Crippen LogP contribution in [0.25, 0.3) is 10.4 Å². The molecule has 1 aliphatic heterocycles. The van der Waals surface area contributed by atoms with E-state index in [-0.39, 0.29) is 41.1 Å². The number of thiophene rings is 1. The van der Waals surface area contributed by atoms with Crippen LogP contribution >= 0.6 is 11.3 Å². The SMILES string of the molecule is O=C(N[C@H]1CC(=O)N(c2cc(-c3ccccc3)sc2C(=O)O)[C@H](C2CCCCC2)C1)c1ccccc1. The lowest BCUT2D eigenvalue weighted by Crippen LogP contribution is -2.56. The van der Waals surface area contributed by atoms with Gasteiger partial charge in [-0.05, 0) is 48.9 Å². The minimum absolute atomic E-state index is 0.130. The van der Waals surface area contributed by atoms with E-state index in [9.17, 15) is 19.5 Å². The number of carbonyl (C=O) groups is 3. The summed E-state index contributed by atoms with van der Waals surface area (Å²) in [5.74, 6) is -1.06.